The first-order chi connectivity index (χ1) is 57.3. The van der Waals surface area contributed by atoms with E-state index in [-0.39, 0.29) is 185 Å². The normalized spacial score (nSPS) is 14.4. The van der Waals surface area contributed by atoms with Crippen molar-refractivity contribution in [1.29, 1.82) is 0 Å². The number of anilines is 2. The molecule has 0 spiro atoms. The number of nitrogens with one attached hydrogen (secondary N) is 4. The number of Topliss-reactive ketones (excluding diaryl/α,β-unsaturated/α-hetero) is 1. The van der Waals surface area contributed by atoms with E-state index in [0.29, 0.717) is 65.8 Å². The van der Waals surface area contributed by atoms with E-state index in [1.54, 1.807) is 89.1 Å². The number of halogens is 1. The maximum Gasteiger partial charge on any atom is 0.415 e. The fourth-order valence-electron chi connectivity index (χ4n) is 13.2. The molecule has 1 fully saturated rings. The zero-order valence-electron chi connectivity index (χ0n) is 66.9. The van der Waals surface area contributed by atoms with Gasteiger partial charge in [-0.15, -0.1) is 16.7 Å². The highest BCUT2D eigenvalue weighted by atomic mass is 35.5. The van der Waals surface area contributed by atoms with Crippen LogP contribution in [0.5, 0.6) is 11.5 Å². The van der Waals surface area contributed by atoms with E-state index in [9.17, 15) is 62.6 Å². The number of aromatic nitrogens is 5. The van der Waals surface area contributed by atoms with Crippen molar-refractivity contribution < 1.29 is 101 Å². The number of esters is 1. The zero-order valence-corrected chi connectivity index (χ0v) is 67.6. The van der Waals surface area contributed by atoms with Crippen molar-refractivity contribution >= 4 is 111 Å². The van der Waals surface area contributed by atoms with Crippen LogP contribution in [-0.4, -0.2) is 277 Å². The van der Waals surface area contributed by atoms with Crippen molar-refractivity contribution in [2.75, 3.05) is 155 Å². The second kappa shape index (κ2) is 43.9. The number of aliphatic hydroxyl groups excluding tert-OH is 1. The second-order valence-electron chi connectivity index (χ2n) is 28.8. The molecule has 3 aliphatic heterocycles. The molecule has 0 radical (unpaired) electrons. The molecule has 11 amide bonds. The molecule has 10 rings (SSSR count). The first kappa shape index (κ1) is 89.2. The third kappa shape index (κ3) is 25.7. The number of aryl methyl sites for hydroxylation is 1. The van der Waals surface area contributed by atoms with Gasteiger partial charge in [0.05, 0.1) is 102 Å². The van der Waals surface area contributed by atoms with Gasteiger partial charge in [-0.05, 0) is 96.8 Å². The Morgan fingerprint density at radius 2 is 1.46 bits per heavy atom. The minimum atomic E-state index is -1.02. The molecule has 0 saturated carbocycles. The predicted molar refractivity (Wildman–Crippen MR) is 430 cm³/mol. The van der Waals surface area contributed by atoms with E-state index in [1.165, 1.54) is 57.9 Å². The topological polar surface area (TPSA) is 440 Å². The average molecular weight is 1670 g/mol. The monoisotopic (exact) mass is 1670 g/mol. The lowest BCUT2D eigenvalue weighted by atomic mass is 9.90. The van der Waals surface area contributed by atoms with Crippen LogP contribution in [0.2, 0.25) is 0 Å². The number of fused-ring (bicyclic) bond motifs is 4. The van der Waals surface area contributed by atoms with Crippen LogP contribution in [0.3, 0.4) is 0 Å². The standard InChI is InChI=1S/C81H99ClN16O21/c1-52(2)62(43-71(103)115-40-38-113-35-31-96-49-59(89-90-96)46-85-78(108)116-41-39-114-36-32-97-69(101)21-22-70(97)102)75(105)88-63(10-7-23-84-77(83)107)66(100)42-54-11-13-55(14-12-54)51-117-79(109)92(5)26-29-94(30-34-112-37-33-99)80(110)118-60-18-15-56(16-19-60)74(104)86-58-17-20-68-87-64(50-95(68)48-58)76(106)98-47-57(45-82)73-65(98)44-67(61-9-6-8-53(3)72(61)73)119-81(111)93-27-24-91(4)25-28-93/h6,8-9,11-22,44,48-50,52,57,62-63,99H,7,10,23-43,45-47,51H2,1-5H3,(H,85,108)(H,86,104)(H,88,105)(H3,83,84,107)/t57-,62+,63+/m1/s1. The number of urea groups is 1. The van der Waals surface area contributed by atoms with Crippen LogP contribution in [0.4, 0.5) is 35.3 Å². The minimum absolute atomic E-state index is 0.0110. The Hall–Kier alpha value is -12.2. The number of aliphatic hydroxyl groups is 1. The van der Waals surface area contributed by atoms with Gasteiger partial charge in [0.2, 0.25) is 5.91 Å². The summed E-state index contributed by atoms with van der Waals surface area (Å²) in [6.07, 6.45) is 4.43. The fourth-order valence-corrected chi connectivity index (χ4v) is 13.5. The summed E-state index contributed by atoms with van der Waals surface area (Å²) in [5.74, 6) is -4.10. The third-order valence-corrected chi connectivity index (χ3v) is 20.2. The van der Waals surface area contributed by atoms with E-state index in [0.717, 1.165) is 26.8 Å². The number of alkyl carbamates (subject to hydrolysis) is 1. The number of hydrogen-bond donors (Lipinski definition) is 6. The number of nitrogens with two attached hydrogens (primary N) is 1. The largest absolute Gasteiger partial charge is 0.463 e. The molecule has 37 nitrogen and oxygen atoms in total. The van der Waals surface area contributed by atoms with Gasteiger partial charge in [-0.2, -0.15) is 0 Å². The number of benzene rings is 4. The summed E-state index contributed by atoms with van der Waals surface area (Å²) in [5.41, 5.74) is 10.4. The van der Waals surface area contributed by atoms with E-state index in [1.807, 2.05) is 32.2 Å². The Morgan fingerprint density at radius 3 is 2.18 bits per heavy atom. The summed E-state index contributed by atoms with van der Waals surface area (Å²) in [6.45, 7) is 8.46. The predicted octanol–water partition coefficient (Wildman–Crippen LogP) is 5.58. The highest BCUT2D eigenvalue weighted by molar-refractivity contribution is 6.19. The van der Waals surface area contributed by atoms with Gasteiger partial charge in [0.15, 0.2) is 5.78 Å². The molecular formula is C81H99ClN16O21. The van der Waals surface area contributed by atoms with Gasteiger partial charge in [0.25, 0.3) is 23.6 Å². The zero-order chi connectivity index (χ0) is 85.1. The molecule has 3 aliphatic rings. The van der Waals surface area contributed by atoms with Gasteiger partial charge in [0.1, 0.15) is 48.4 Å². The Bertz CT molecular complexity index is 4770. The number of ketones is 1. The molecule has 0 unspecified atom stereocenters. The molecule has 0 aliphatic carbocycles. The van der Waals surface area contributed by atoms with Crippen LogP contribution < -0.4 is 41.4 Å². The lowest BCUT2D eigenvalue weighted by Crippen LogP contribution is -2.48. The number of alkyl halides is 1. The van der Waals surface area contributed by atoms with E-state index < -0.39 is 77.9 Å². The Labute approximate surface area is 690 Å². The quantitative estimate of drug-likeness (QED) is 0.00893. The molecule has 3 atom stereocenters. The van der Waals surface area contributed by atoms with Crippen molar-refractivity contribution in [3.8, 4) is 11.5 Å². The molecule has 4 aromatic carbocycles. The number of carbonyl (C=O) groups excluding carboxylic acids is 12. The number of likely N-dealkylation sites (N-methyl/N-ethyl adjacent to an activating group) is 2. The summed E-state index contributed by atoms with van der Waals surface area (Å²) < 4.78 is 47.4. The number of ether oxygens (including phenoxy) is 8. The number of amides is 11. The molecule has 7 aromatic rings. The van der Waals surface area contributed by atoms with Crippen LogP contribution >= 0.6 is 11.6 Å². The van der Waals surface area contributed by atoms with Crippen molar-refractivity contribution in [3.63, 3.8) is 0 Å². The van der Waals surface area contributed by atoms with Crippen molar-refractivity contribution in [3.05, 3.63) is 155 Å². The van der Waals surface area contributed by atoms with Crippen molar-refractivity contribution in [1.82, 2.24) is 64.8 Å². The average Bonchev–Trinajstić information content (AvgIpc) is 1.46. The minimum Gasteiger partial charge on any atom is -0.463 e. The highest BCUT2D eigenvalue weighted by Crippen LogP contribution is 2.47. The first-order valence-corrected chi connectivity index (χ1v) is 39.5. The van der Waals surface area contributed by atoms with Gasteiger partial charge in [-0.3, -0.25) is 38.5 Å². The summed E-state index contributed by atoms with van der Waals surface area (Å²) in [6, 6.07) is 21.6. The summed E-state index contributed by atoms with van der Waals surface area (Å²) in [5, 5.41) is 29.7. The lowest BCUT2D eigenvalue weighted by molar-refractivity contribution is -0.149. The molecule has 636 valence electrons. The number of primary amides is 1. The number of rotatable bonds is 42. The Balaban J connectivity index is 0.643. The van der Waals surface area contributed by atoms with E-state index in [2.05, 4.69) is 41.5 Å². The summed E-state index contributed by atoms with van der Waals surface area (Å²) in [4.78, 5) is 170. The lowest BCUT2D eigenvalue weighted by Gasteiger charge is -2.31. The number of hydrogen-bond acceptors (Lipinski definition) is 25. The van der Waals surface area contributed by atoms with Gasteiger partial charge < -0.3 is 98.9 Å². The van der Waals surface area contributed by atoms with Gasteiger partial charge in [0, 0.05) is 126 Å². The molecule has 119 heavy (non-hydrogen) atoms. The first-order valence-electron chi connectivity index (χ1n) is 38.9. The molecular weight excluding hydrogens is 1570 g/mol. The molecule has 7 N–H and O–H groups in total. The van der Waals surface area contributed by atoms with Crippen molar-refractivity contribution in [2.24, 2.45) is 17.6 Å². The van der Waals surface area contributed by atoms with Crippen LogP contribution in [-0.2, 0) is 78.5 Å². The number of carbonyl (C=O) groups is 12. The number of nitrogens with zero attached hydrogens (tertiary/aromatic N) is 11. The maximum absolute atomic E-state index is 14.6. The van der Waals surface area contributed by atoms with Crippen LogP contribution in [0.1, 0.15) is 87.8 Å². The highest BCUT2D eigenvalue weighted by Gasteiger charge is 2.38. The number of imidazole rings is 1. The van der Waals surface area contributed by atoms with Gasteiger partial charge >= 0.3 is 36.4 Å². The van der Waals surface area contributed by atoms with Crippen LogP contribution in [0.25, 0.3) is 16.4 Å². The maximum atomic E-state index is 14.6. The number of pyridine rings is 1. The Morgan fingerprint density at radius 1 is 0.748 bits per heavy atom. The Kier molecular flexibility index (Phi) is 32.9. The van der Waals surface area contributed by atoms with Crippen LogP contribution in [0.15, 0.2) is 116 Å². The molecule has 3 aromatic heterocycles. The van der Waals surface area contributed by atoms with Crippen molar-refractivity contribution in [2.45, 2.75) is 78.1 Å². The number of imide groups is 1. The van der Waals surface area contributed by atoms with E-state index >= 15 is 0 Å². The van der Waals surface area contributed by atoms with Gasteiger partial charge in [-0.25, -0.2) is 33.6 Å². The second-order valence-corrected chi connectivity index (χ2v) is 29.1. The van der Waals surface area contributed by atoms with Crippen LogP contribution in [0, 0.1) is 18.8 Å². The fraction of sp³-hybridized carbons (Fsp3) is 0.444. The molecule has 0 bridgehead atoms. The summed E-state index contributed by atoms with van der Waals surface area (Å²) in [7, 11) is 3.49. The SMILES string of the molecule is Cc1cccc2c(OC(=O)N3CCN(C)CC3)cc3c(c12)[C@H](CCl)CN3C(=O)c1cn2cc(NC(=O)c3ccc(OC(=O)N(CCOCCO)CCN(C)C(=O)OCc4ccc(CC(=O)[C@H](CCCNC(N)=O)NC(=O)[C@@H](CC(=O)OCCOCCn5cc(CNC(=O)OCCOCCN6C(=O)C=CC6=O)nn5)C(C)C)cc4)cc3)ccc2n1. The molecule has 6 heterocycles. The van der Waals surface area contributed by atoms with Gasteiger partial charge in [-0.1, -0.05) is 61.5 Å². The third-order valence-electron chi connectivity index (χ3n) is 19.9. The van der Waals surface area contributed by atoms with E-state index in [4.69, 9.17) is 55.2 Å². The smallest absolute Gasteiger partial charge is 0.415 e. The molecule has 38 heteroatoms. The summed E-state index contributed by atoms with van der Waals surface area (Å²) >= 11 is 6.63. The number of piperazine rings is 1. The molecule has 1 saturated heterocycles.